The van der Waals surface area contributed by atoms with E-state index in [1.54, 1.807) is 19.1 Å². The largest absolute Gasteiger partial charge is 0.497 e. The van der Waals surface area contributed by atoms with Gasteiger partial charge in [-0.1, -0.05) is 6.07 Å². The van der Waals surface area contributed by atoms with Gasteiger partial charge < -0.3 is 9.47 Å². The highest BCUT2D eigenvalue weighted by Gasteiger charge is 2.17. The Bertz CT molecular complexity index is 787. The first-order valence-corrected chi connectivity index (χ1v) is 8.15. The summed E-state index contributed by atoms with van der Waals surface area (Å²) in [4.78, 5) is 15.2. The topological polar surface area (TPSA) is 112 Å². The molecule has 0 amide bonds. The van der Waals surface area contributed by atoms with Crippen molar-refractivity contribution in [2.75, 3.05) is 18.4 Å². The molecule has 124 valence electrons. The SMILES string of the molecule is CCOC(=O)Cn1cnc(NS(=O)(=O)c2cccc(OC)c2)n1. The van der Waals surface area contributed by atoms with Crippen molar-refractivity contribution >= 4 is 21.9 Å². The molecule has 0 bridgehead atoms. The van der Waals surface area contributed by atoms with Crippen LogP contribution in [0.15, 0.2) is 35.5 Å². The molecule has 9 nitrogen and oxygen atoms in total. The van der Waals surface area contributed by atoms with Gasteiger partial charge in [-0.15, -0.1) is 5.10 Å². The Labute approximate surface area is 133 Å². The number of sulfonamides is 1. The molecule has 1 aromatic carbocycles. The zero-order chi connectivity index (χ0) is 16.9. The van der Waals surface area contributed by atoms with Gasteiger partial charge in [-0.05, 0) is 19.1 Å². The molecular formula is C13H16N4O5S. The van der Waals surface area contributed by atoms with Crippen molar-refractivity contribution in [3.8, 4) is 5.75 Å². The van der Waals surface area contributed by atoms with E-state index in [0.29, 0.717) is 5.75 Å². The molecule has 1 aromatic heterocycles. The third-order valence-corrected chi connectivity index (χ3v) is 4.04. The number of nitrogens with one attached hydrogen (secondary N) is 1. The van der Waals surface area contributed by atoms with Gasteiger partial charge >= 0.3 is 5.97 Å². The average Bonchev–Trinajstić information content (AvgIpc) is 2.93. The normalized spacial score (nSPS) is 11.0. The number of methoxy groups -OCH3 is 1. The second kappa shape index (κ2) is 7.09. The van der Waals surface area contributed by atoms with Crippen LogP contribution in [0, 0.1) is 0 Å². The summed E-state index contributed by atoms with van der Waals surface area (Å²) in [5.41, 5.74) is 0. The minimum atomic E-state index is -3.86. The number of hydrogen-bond donors (Lipinski definition) is 1. The van der Waals surface area contributed by atoms with Crippen LogP contribution in [0.2, 0.25) is 0 Å². The third-order valence-electron chi connectivity index (χ3n) is 2.71. The predicted molar refractivity (Wildman–Crippen MR) is 80.5 cm³/mol. The van der Waals surface area contributed by atoms with Gasteiger partial charge in [0.25, 0.3) is 16.0 Å². The second-order valence-electron chi connectivity index (χ2n) is 4.36. The molecule has 0 saturated carbocycles. The molecule has 0 saturated heterocycles. The van der Waals surface area contributed by atoms with E-state index in [-0.39, 0.29) is 24.0 Å². The first-order valence-electron chi connectivity index (χ1n) is 6.66. The first kappa shape index (κ1) is 16.7. The summed E-state index contributed by atoms with van der Waals surface area (Å²) in [7, 11) is -2.41. The van der Waals surface area contributed by atoms with Crippen LogP contribution in [0.4, 0.5) is 5.95 Å². The first-order chi connectivity index (χ1) is 10.9. The Morgan fingerprint density at radius 2 is 2.17 bits per heavy atom. The molecule has 10 heteroatoms. The van der Waals surface area contributed by atoms with Crippen LogP contribution in [0.3, 0.4) is 0 Å². The van der Waals surface area contributed by atoms with E-state index in [1.165, 1.54) is 30.3 Å². The maximum absolute atomic E-state index is 12.3. The Kier molecular flexibility index (Phi) is 5.16. The Balaban J connectivity index is 2.11. The van der Waals surface area contributed by atoms with E-state index in [9.17, 15) is 13.2 Å². The number of hydrogen-bond acceptors (Lipinski definition) is 7. The van der Waals surface area contributed by atoms with Crippen LogP contribution in [0.1, 0.15) is 6.92 Å². The van der Waals surface area contributed by atoms with E-state index < -0.39 is 16.0 Å². The quantitative estimate of drug-likeness (QED) is 0.736. The molecule has 0 aliphatic rings. The number of nitrogens with zero attached hydrogens (tertiary/aromatic N) is 3. The number of carbonyl (C=O) groups excluding carboxylic acids is 1. The van der Waals surface area contributed by atoms with Crippen LogP contribution >= 0.6 is 0 Å². The van der Waals surface area contributed by atoms with Gasteiger partial charge in [0.2, 0.25) is 0 Å². The lowest BCUT2D eigenvalue weighted by Crippen LogP contribution is -2.16. The van der Waals surface area contributed by atoms with Crippen LogP contribution in [0.5, 0.6) is 5.75 Å². The van der Waals surface area contributed by atoms with E-state index in [4.69, 9.17) is 9.47 Å². The number of esters is 1. The number of aromatic nitrogens is 3. The van der Waals surface area contributed by atoms with Gasteiger partial charge in [-0.3, -0.25) is 4.79 Å². The smallest absolute Gasteiger partial charge is 0.327 e. The lowest BCUT2D eigenvalue weighted by Gasteiger charge is -2.06. The molecular weight excluding hydrogens is 324 g/mol. The summed E-state index contributed by atoms with van der Waals surface area (Å²) in [5.74, 6) is -0.217. The molecule has 0 atom stereocenters. The van der Waals surface area contributed by atoms with Crippen LogP contribution in [0.25, 0.3) is 0 Å². The molecule has 0 aliphatic carbocycles. The van der Waals surface area contributed by atoms with E-state index in [1.807, 2.05) is 0 Å². The van der Waals surface area contributed by atoms with Crippen molar-refractivity contribution in [3.63, 3.8) is 0 Å². The zero-order valence-corrected chi connectivity index (χ0v) is 13.4. The molecule has 0 radical (unpaired) electrons. The lowest BCUT2D eigenvalue weighted by atomic mass is 10.3. The fraction of sp³-hybridized carbons (Fsp3) is 0.308. The number of ether oxygens (including phenoxy) is 2. The molecule has 0 spiro atoms. The summed E-state index contributed by atoms with van der Waals surface area (Å²) in [6.45, 7) is 1.79. The highest BCUT2D eigenvalue weighted by Crippen LogP contribution is 2.18. The molecule has 2 rings (SSSR count). The van der Waals surface area contributed by atoms with E-state index in [2.05, 4.69) is 14.8 Å². The number of rotatable bonds is 7. The van der Waals surface area contributed by atoms with E-state index >= 15 is 0 Å². The number of carbonyl (C=O) groups is 1. The fourth-order valence-electron chi connectivity index (χ4n) is 1.70. The lowest BCUT2D eigenvalue weighted by molar-refractivity contribution is -0.144. The maximum Gasteiger partial charge on any atom is 0.327 e. The van der Waals surface area contributed by atoms with Crippen molar-refractivity contribution in [2.24, 2.45) is 0 Å². The summed E-state index contributed by atoms with van der Waals surface area (Å²) in [6.07, 6.45) is 1.24. The summed E-state index contributed by atoms with van der Waals surface area (Å²) in [6, 6.07) is 5.98. The zero-order valence-electron chi connectivity index (χ0n) is 12.6. The van der Waals surface area contributed by atoms with Crippen molar-refractivity contribution in [1.29, 1.82) is 0 Å². The van der Waals surface area contributed by atoms with Crippen LogP contribution < -0.4 is 9.46 Å². The minimum Gasteiger partial charge on any atom is -0.497 e. The Hall–Kier alpha value is -2.62. The van der Waals surface area contributed by atoms with Crippen molar-refractivity contribution in [2.45, 2.75) is 18.4 Å². The molecule has 2 aromatic rings. The summed E-state index contributed by atoms with van der Waals surface area (Å²) in [5, 5.41) is 3.87. The van der Waals surface area contributed by atoms with Crippen LogP contribution in [-0.4, -0.2) is 42.9 Å². The Morgan fingerprint density at radius 1 is 1.39 bits per heavy atom. The van der Waals surface area contributed by atoms with Gasteiger partial charge in [-0.25, -0.2) is 17.8 Å². The standard InChI is InChI=1S/C13H16N4O5S/c1-3-22-12(18)8-17-9-14-13(15-17)16-23(19,20)11-6-4-5-10(7-11)21-2/h4-7,9H,3,8H2,1-2H3,(H,15,16). The molecule has 1 heterocycles. The van der Waals surface area contributed by atoms with Crippen molar-refractivity contribution in [3.05, 3.63) is 30.6 Å². The van der Waals surface area contributed by atoms with Gasteiger partial charge in [0.05, 0.1) is 18.6 Å². The highest BCUT2D eigenvalue weighted by molar-refractivity contribution is 7.92. The van der Waals surface area contributed by atoms with Crippen molar-refractivity contribution in [1.82, 2.24) is 14.8 Å². The average molecular weight is 340 g/mol. The van der Waals surface area contributed by atoms with Gasteiger partial charge in [0.15, 0.2) is 0 Å². The molecule has 0 unspecified atom stereocenters. The molecule has 1 N–H and O–H groups in total. The highest BCUT2D eigenvalue weighted by atomic mass is 32.2. The molecule has 0 aliphatic heterocycles. The van der Waals surface area contributed by atoms with Gasteiger partial charge in [0, 0.05) is 6.07 Å². The fourth-order valence-corrected chi connectivity index (χ4v) is 2.68. The van der Waals surface area contributed by atoms with Crippen molar-refractivity contribution < 1.29 is 22.7 Å². The molecule has 0 fully saturated rings. The van der Waals surface area contributed by atoms with Crippen LogP contribution in [-0.2, 0) is 26.1 Å². The monoisotopic (exact) mass is 340 g/mol. The Morgan fingerprint density at radius 3 is 2.87 bits per heavy atom. The maximum atomic E-state index is 12.3. The summed E-state index contributed by atoms with van der Waals surface area (Å²) < 4.78 is 37.7. The summed E-state index contributed by atoms with van der Waals surface area (Å²) >= 11 is 0. The third kappa shape index (κ3) is 4.42. The molecule has 23 heavy (non-hydrogen) atoms. The van der Waals surface area contributed by atoms with E-state index in [0.717, 1.165) is 0 Å². The number of anilines is 1. The number of benzene rings is 1. The predicted octanol–water partition coefficient (Wildman–Crippen LogP) is 0.651. The second-order valence-corrected chi connectivity index (χ2v) is 6.04. The van der Waals surface area contributed by atoms with Gasteiger partial charge in [0.1, 0.15) is 18.6 Å². The minimum absolute atomic E-state index is 0.0126. The van der Waals surface area contributed by atoms with Gasteiger partial charge in [-0.2, -0.15) is 4.98 Å².